The van der Waals surface area contributed by atoms with Gasteiger partial charge in [-0.3, -0.25) is 9.78 Å². The number of pyridine rings is 1. The molecule has 1 atom stereocenters. The highest BCUT2D eigenvalue weighted by Crippen LogP contribution is 2.23. The summed E-state index contributed by atoms with van der Waals surface area (Å²) in [6, 6.07) is 11.4. The standard InChI is InChI=1S/C29H43NO3/c1-4-6-7-8-9-10-11-12-13-14-21-32-27-19-20-28(30-23-27)25-15-17-26(18-16-25)33-29(31)22-24(3)5-2/h15-20,23-24H,4-14,21-22H2,1-3H3. The van der Waals surface area contributed by atoms with Gasteiger partial charge in [0, 0.05) is 12.0 Å². The zero-order valence-electron chi connectivity index (χ0n) is 21.0. The molecule has 182 valence electrons. The van der Waals surface area contributed by atoms with E-state index in [9.17, 15) is 4.79 Å². The summed E-state index contributed by atoms with van der Waals surface area (Å²) in [5.41, 5.74) is 1.86. The molecule has 0 spiro atoms. The highest BCUT2D eigenvalue weighted by molar-refractivity contribution is 5.73. The molecule has 4 nitrogen and oxygen atoms in total. The number of aromatic nitrogens is 1. The fraction of sp³-hybridized carbons (Fsp3) is 0.586. The van der Waals surface area contributed by atoms with Crippen LogP contribution >= 0.6 is 0 Å². The number of esters is 1. The van der Waals surface area contributed by atoms with Crippen LogP contribution in [-0.2, 0) is 4.79 Å². The predicted octanol–water partition coefficient (Wildman–Crippen LogP) is 8.39. The second-order valence-electron chi connectivity index (χ2n) is 9.13. The smallest absolute Gasteiger partial charge is 0.311 e. The molecular weight excluding hydrogens is 410 g/mol. The number of hydrogen-bond acceptors (Lipinski definition) is 4. The van der Waals surface area contributed by atoms with Gasteiger partial charge in [-0.15, -0.1) is 0 Å². The lowest BCUT2D eigenvalue weighted by atomic mass is 10.1. The minimum atomic E-state index is -0.181. The van der Waals surface area contributed by atoms with E-state index in [2.05, 4.69) is 25.8 Å². The predicted molar refractivity (Wildman–Crippen MR) is 137 cm³/mol. The van der Waals surface area contributed by atoms with Gasteiger partial charge in [0.2, 0.25) is 0 Å². The van der Waals surface area contributed by atoms with Gasteiger partial charge in [-0.2, -0.15) is 0 Å². The van der Waals surface area contributed by atoms with Crippen molar-refractivity contribution in [2.75, 3.05) is 6.61 Å². The molecule has 1 aromatic heterocycles. The Kier molecular flexibility index (Phi) is 13.3. The van der Waals surface area contributed by atoms with Gasteiger partial charge in [0.15, 0.2) is 0 Å². The summed E-state index contributed by atoms with van der Waals surface area (Å²) in [5.74, 6) is 1.54. The Morgan fingerprint density at radius 1 is 0.818 bits per heavy atom. The monoisotopic (exact) mass is 453 g/mol. The van der Waals surface area contributed by atoms with Crippen LogP contribution in [0.15, 0.2) is 42.6 Å². The van der Waals surface area contributed by atoms with Crippen LogP contribution in [0.4, 0.5) is 0 Å². The number of hydrogen-bond donors (Lipinski definition) is 0. The molecule has 0 aliphatic carbocycles. The van der Waals surface area contributed by atoms with E-state index in [0.717, 1.165) is 36.5 Å². The quantitative estimate of drug-likeness (QED) is 0.137. The Bertz CT molecular complexity index is 770. The summed E-state index contributed by atoms with van der Waals surface area (Å²) < 4.78 is 11.3. The van der Waals surface area contributed by atoms with Crippen LogP contribution in [0.2, 0.25) is 0 Å². The topological polar surface area (TPSA) is 48.4 Å². The second-order valence-corrected chi connectivity index (χ2v) is 9.13. The molecule has 1 aromatic carbocycles. The molecule has 0 amide bonds. The number of rotatable bonds is 17. The van der Waals surface area contributed by atoms with E-state index >= 15 is 0 Å². The molecular formula is C29H43NO3. The second kappa shape index (κ2) is 16.3. The van der Waals surface area contributed by atoms with E-state index in [1.165, 1.54) is 57.8 Å². The van der Waals surface area contributed by atoms with Gasteiger partial charge < -0.3 is 9.47 Å². The number of unbranched alkanes of at least 4 members (excludes halogenated alkanes) is 9. The van der Waals surface area contributed by atoms with Crippen molar-refractivity contribution in [3.63, 3.8) is 0 Å². The van der Waals surface area contributed by atoms with Crippen LogP contribution in [0, 0.1) is 5.92 Å². The van der Waals surface area contributed by atoms with E-state index in [-0.39, 0.29) is 5.97 Å². The van der Waals surface area contributed by atoms with Crippen molar-refractivity contribution in [3.8, 4) is 22.8 Å². The van der Waals surface area contributed by atoms with Gasteiger partial charge in [0.25, 0.3) is 0 Å². The maximum Gasteiger partial charge on any atom is 0.311 e. The van der Waals surface area contributed by atoms with Gasteiger partial charge >= 0.3 is 5.97 Å². The minimum Gasteiger partial charge on any atom is -0.492 e. The molecule has 1 heterocycles. The van der Waals surface area contributed by atoms with Crippen LogP contribution in [-0.4, -0.2) is 17.6 Å². The Morgan fingerprint density at radius 3 is 2.00 bits per heavy atom. The Morgan fingerprint density at radius 2 is 1.42 bits per heavy atom. The maximum atomic E-state index is 11.9. The van der Waals surface area contributed by atoms with E-state index in [1.807, 2.05) is 36.4 Å². The molecule has 33 heavy (non-hydrogen) atoms. The molecule has 0 radical (unpaired) electrons. The zero-order valence-corrected chi connectivity index (χ0v) is 21.0. The number of carbonyl (C=O) groups excluding carboxylic acids is 1. The highest BCUT2D eigenvalue weighted by Gasteiger charge is 2.10. The summed E-state index contributed by atoms with van der Waals surface area (Å²) in [4.78, 5) is 16.5. The summed E-state index contributed by atoms with van der Waals surface area (Å²) in [5, 5.41) is 0. The Labute approximate surface area is 201 Å². The molecule has 0 fully saturated rings. The molecule has 0 aliphatic rings. The van der Waals surface area contributed by atoms with Gasteiger partial charge in [0.1, 0.15) is 11.5 Å². The van der Waals surface area contributed by atoms with Crippen molar-refractivity contribution in [2.24, 2.45) is 5.92 Å². The normalized spacial score (nSPS) is 11.8. The first-order chi connectivity index (χ1) is 16.1. The van der Waals surface area contributed by atoms with Crippen LogP contribution in [0.1, 0.15) is 97.8 Å². The molecule has 0 N–H and O–H groups in total. The molecule has 0 saturated heterocycles. The largest absolute Gasteiger partial charge is 0.492 e. The summed E-state index contributed by atoms with van der Waals surface area (Å²) >= 11 is 0. The molecule has 0 aliphatic heterocycles. The summed E-state index contributed by atoms with van der Waals surface area (Å²) in [6.45, 7) is 7.14. The van der Waals surface area contributed by atoms with Crippen LogP contribution in [0.5, 0.6) is 11.5 Å². The lowest BCUT2D eigenvalue weighted by molar-refractivity contribution is -0.135. The van der Waals surface area contributed by atoms with Crippen molar-refractivity contribution < 1.29 is 14.3 Å². The van der Waals surface area contributed by atoms with Crippen molar-refractivity contribution >= 4 is 5.97 Å². The molecule has 4 heteroatoms. The van der Waals surface area contributed by atoms with Crippen molar-refractivity contribution in [3.05, 3.63) is 42.6 Å². The average molecular weight is 454 g/mol. The van der Waals surface area contributed by atoms with E-state index in [0.29, 0.717) is 18.1 Å². The van der Waals surface area contributed by atoms with Gasteiger partial charge in [0.05, 0.1) is 18.5 Å². The van der Waals surface area contributed by atoms with Crippen molar-refractivity contribution in [1.82, 2.24) is 4.98 Å². The van der Waals surface area contributed by atoms with Gasteiger partial charge in [-0.1, -0.05) is 85.0 Å². The number of carbonyl (C=O) groups is 1. The SMILES string of the molecule is CCCCCCCCCCCCOc1ccc(-c2ccc(OC(=O)CC(C)CC)cc2)nc1. The Balaban J connectivity index is 1.64. The van der Waals surface area contributed by atoms with Gasteiger partial charge in [-0.25, -0.2) is 0 Å². The van der Waals surface area contributed by atoms with Gasteiger partial charge in [-0.05, 0) is 48.7 Å². The minimum absolute atomic E-state index is 0.181. The van der Waals surface area contributed by atoms with Crippen molar-refractivity contribution in [1.29, 1.82) is 0 Å². The molecule has 0 saturated carbocycles. The zero-order chi connectivity index (χ0) is 23.7. The van der Waals surface area contributed by atoms with E-state index in [4.69, 9.17) is 9.47 Å². The first-order valence-electron chi connectivity index (χ1n) is 13.0. The average Bonchev–Trinajstić information content (AvgIpc) is 2.83. The number of benzene rings is 1. The van der Waals surface area contributed by atoms with Crippen LogP contribution in [0.25, 0.3) is 11.3 Å². The third-order valence-electron chi connectivity index (χ3n) is 6.10. The fourth-order valence-electron chi connectivity index (χ4n) is 3.71. The van der Waals surface area contributed by atoms with Crippen LogP contribution < -0.4 is 9.47 Å². The van der Waals surface area contributed by atoms with Crippen molar-refractivity contribution in [2.45, 2.75) is 97.8 Å². The van der Waals surface area contributed by atoms with Crippen LogP contribution in [0.3, 0.4) is 0 Å². The lowest BCUT2D eigenvalue weighted by Crippen LogP contribution is -2.11. The lowest BCUT2D eigenvalue weighted by Gasteiger charge is -2.09. The highest BCUT2D eigenvalue weighted by atomic mass is 16.5. The third kappa shape index (κ3) is 11.4. The molecule has 2 rings (SSSR count). The molecule has 0 bridgehead atoms. The molecule has 2 aromatic rings. The number of ether oxygens (including phenoxy) is 2. The first-order valence-corrected chi connectivity index (χ1v) is 13.0. The molecule has 1 unspecified atom stereocenters. The first kappa shape index (κ1) is 26.9. The summed E-state index contributed by atoms with van der Waals surface area (Å²) in [7, 11) is 0. The van der Waals surface area contributed by atoms with E-state index in [1.54, 1.807) is 6.20 Å². The maximum absolute atomic E-state index is 11.9. The fourth-order valence-corrected chi connectivity index (χ4v) is 3.71. The summed E-state index contributed by atoms with van der Waals surface area (Å²) in [6.07, 6.45) is 16.4. The Hall–Kier alpha value is -2.36. The van der Waals surface area contributed by atoms with E-state index < -0.39 is 0 Å². The third-order valence-corrected chi connectivity index (χ3v) is 6.10. The number of nitrogens with zero attached hydrogens (tertiary/aromatic N) is 1.